The van der Waals surface area contributed by atoms with Crippen molar-refractivity contribution in [2.75, 3.05) is 7.05 Å². The zero-order valence-electron chi connectivity index (χ0n) is 8.19. The van der Waals surface area contributed by atoms with Crippen molar-refractivity contribution in [2.45, 2.75) is 40.2 Å². The van der Waals surface area contributed by atoms with Crippen molar-refractivity contribution < 1.29 is 4.79 Å². The Morgan fingerprint density at radius 3 is 2.00 bits per heavy atom. The van der Waals surface area contributed by atoms with E-state index in [2.05, 4.69) is 26.1 Å². The van der Waals surface area contributed by atoms with Crippen LogP contribution < -0.4 is 5.32 Å². The van der Waals surface area contributed by atoms with Gasteiger partial charge in [-0.3, -0.25) is 4.79 Å². The van der Waals surface area contributed by atoms with Crippen LogP contribution in [-0.2, 0) is 4.79 Å². The summed E-state index contributed by atoms with van der Waals surface area (Å²) in [7, 11) is 1.83. The second-order valence-corrected chi connectivity index (χ2v) is 4.22. The molecule has 1 unspecified atom stereocenters. The Morgan fingerprint density at radius 2 is 1.91 bits per heavy atom. The summed E-state index contributed by atoms with van der Waals surface area (Å²) in [6, 6.07) is 0.0231. The van der Waals surface area contributed by atoms with E-state index in [0.29, 0.717) is 0 Å². The molecule has 2 heteroatoms. The first-order valence-electron chi connectivity index (χ1n) is 4.04. The Morgan fingerprint density at radius 1 is 1.45 bits per heavy atom. The van der Waals surface area contributed by atoms with Gasteiger partial charge < -0.3 is 5.32 Å². The van der Waals surface area contributed by atoms with Crippen LogP contribution in [-0.4, -0.2) is 18.9 Å². The highest BCUT2D eigenvalue weighted by molar-refractivity contribution is 5.81. The summed E-state index contributed by atoms with van der Waals surface area (Å²) in [5.74, 6) is 0.224. The second kappa shape index (κ2) is 3.86. The molecule has 0 saturated heterocycles. The quantitative estimate of drug-likeness (QED) is 0.674. The summed E-state index contributed by atoms with van der Waals surface area (Å²) < 4.78 is 0. The molecule has 2 nitrogen and oxygen atoms in total. The summed E-state index contributed by atoms with van der Waals surface area (Å²) in [6.45, 7) is 8.05. The van der Waals surface area contributed by atoms with E-state index in [-0.39, 0.29) is 17.2 Å². The molecule has 0 aliphatic heterocycles. The molecular weight excluding hydrogens is 138 g/mol. The van der Waals surface area contributed by atoms with E-state index in [1.165, 1.54) is 0 Å². The average molecular weight is 157 g/mol. The lowest BCUT2D eigenvalue weighted by atomic mass is 9.87. The predicted octanol–water partition coefficient (Wildman–Crippen LogP) is 1.60. The number of ketones is 1. The summed E-state index contributed by atoms with van der Waals surface area (Å²) >= 11 is 0. The maximum Gasteiger partial charge on any atom is 0.146 e. The maximum absolute atomic E-state index is 11.0. The molecule has 1 atom stereocenters. The van der Waals surface area contributed by atoms with Gasteiger partial charge in [0, 0.05) is 0 Å². The summed E-state index contributed by atoms with van der Waals surface area (Å²) in [4.78, 5) is 11.0. The number of carbonyl (C=O) groups excluding carboxylic acids is 1. The number of likely N-dealkylation sites (N-methyl/N-ethyl adjacent to an activating group) is 1. The van der Waals surface area contributed by atoms with Crippen LogP contribution in [0.3, 0.4) is 0 Å². The van der Waals surface area contributed by atoms with Gasteiger partial charge in [-0.15, -0.1) is 0 Å². The monoisotopic (exact) mass is 157 g/mol. The van der Waals surface area contributed by atoms with Gasteiger partial charge in [-0.05, 0) is 25.8 Å². The minimum absolute atomic E-state index is 0.0231. The molecule has 0 aromatic carbocycles. The Labute approximate surface area is 69.4 Å². The highest BCUT2D eigenvalue weighted by Crippen LogP contribution is 2.20. The van der Waals surface area contributed by atoms with E-state index in [9.17, 15) is 4.79 Å². The molecule has 11 heavy (non-hydrogen) atoms. The molecule has 66 valence electrons. The molecule has 0 aromatic heterocycles. The molecule has 0 aliphatic carbocycles. The highest BCUT2D eigenvalue weighted by atomic mass is 16.1. The molecule has 0 radical (unpaired) electrons. The van der Waals surface area contributed by atoms with Crippen molar-refractivity contribution in [1.82, 2.24) is 5.32 Å². The Kier molecular flexibility index (Phi) is 3.73. The maximum atomic E-state index is 11.0. The third-order valence-corrected chi connectivity index (χ3v) is 1.66. The summed E-state index contributed by atoms with van der Waals surface area (Å²) in [5, 5.41) is 3.01. The molecule has 1 N–H and O–H groups in total. The van der Waals surface area contributed by atoms with Crippen LogP contribution in [0.5, 0.6) is 0 Å². The fourth-order valence-electron chi connectivity index (χ4n) is 1.06. The number of carbonyl (C=O) groups is 1. The van der Waals surface area contributed by atoms with Crippen molar-refractivity contribution in [1.29, 1.82) is 0 Å². The molecule has 0 spiro atoms. The van der Waals surface area contributed by atoms with Gasteiger partial charge in [-0.1, -0.05) is 20.8 Å². The van der Waals surface area contributed by atoms with Gasteiger partial charge in [-0.25, -0.2) is 0 Å². The fourth-order valence-corrected chi connectivity index (χ4v) is 1.06. The highest BCUT2D eigenvalue weighted by Gasteiger charge is 2.20. The van der Waals surface area contributed by atoms with E-state index in [1.807, 2.05) is 7.05 Å². The van der Waals surface area contributed by atoms with Crippen LogP contribution in [0.2, 0.25) is 0 Å². The van der Waals surface area contributed by atoms with Crippen LogP contribution in [0.25, 0.3) is 0 Å². The molecule has 0 heterocycles. The number of hydrogen-bond acceptors (Lipinski definition) is 2. The van der Waals surface area contributed by atoms with Gasteiger partial charge in [0.1, 0.15) is 5.78 Å². The Balaban J connectivity index is 3.99. The topological polar surface area (TPSA) is 29.1 Å². The Bertz CT molecular complexity index is 135. The zero-order chi connectivity index (χ0) is 9.07. The minimum atomic E-state index is 0.0231. The van der Waals surface area contributed by atoms with Crippen LogP contribution in [0.15, 0.2) is 0 Å². The minimum Gasteiger partial charge on any atom is -0.311 e. The van der Waals surface area contributed by atoms with Gasteiger partial charge >= 0.3 is 0 Å². The lowest BCUT2D eigenvalue weighted by Gasteiger charge is -2.23. The molecule has 0 fully saturated rings. The largest absolute Gasteiger partial charge is 0.311 e. The molecule has 0 aliphatic rings. The fraction of sp³-hybridized carbons (Fsp3) is 0.889. The van der Waals surface area contributed by atoms with Crippen LogP contribution in [0, 0.1) is 5.41 Å². The second-order valence-electron chi connectivity index (χ2n) is 4.22. The van der Waals surface area contributed by atoms with Gasteiger partial charge in [0.15, 0.2) is 0 Å². The van der Waals surface area contributed by atoms with Gasteiger partial charge in [-0.2, -0.15) is 0 Å². The molecule has 0 bridgehead atoms. The lowest BCUT2D eigenvalue weighted by Crippen LogP contribution is -2.35. The molecule has 0 rings (SSSR count). The zero-order valence-corrected chi connectivity index (χ0v) is 8.19. The SMILES string of the molecule is CNC(CC(C)(C)C)C(C)=O. The summed E-state index contributed by atoms with van der Waals surface area (Å²) in [6.07, 6.45) is 0.902. The van der Waals surface area contributed by atoms with E-state index in [0.717, 1.165) is 6.42 Å². The number of hydrogen-bond donors (Lipinski definition) is 1. The standard InChI is InChI=1S/C9H19NO/c1-7(11)8(10-5)6-9(2,3)4/h8,10H,6H2,1-5H3. The molecular formula is C9H19NO. The van der Waals surface area contributed by atoms with Crippen molar-refractivity contribution in [3.8, 4) is 0 Å². The van der Waals surface area contributed by atoms with E-state index in [4.69, 9.17) is 0 Å². The van der Waals surface area contributed by atoms with Gasteiger partial charge in [0.2, 0.25) is 0 Å². The van der Waals surface area contributed by atoms with Crippen LogP contribution in [0.1, 0.15) is 34.1 Å². The smallest absolute Gasteiger partial charge is 0.146 e. The Hall–Kier alpha value is -0.370. The van der Waals surface area contributed by atoms with E-state index >= 15 is 0 Å². The number of Topliss-reactive ketones (excluding diaryl/α,β-unsaturated/α-hetero) is 1. The number of nitrogens with one attached hydrogen (secondary N) is 1. The first-order chi connectivity index (χ1) is 4.87. The van der Waals surface area contributed by atoms with Crippen molar-refractivity contribution in [3.63, 3.8) is 0 Å². The average Bonchev–Trinajstić information content (AvgIpc) is 1.80. The van der Waals surface area contributed by atoms with E-state index < -0.39 is 0 Å². The van der Waals surface area contributed by atoms with Crippen molar-refractivity contribution in [2.24, 2.45) is 5.41 Å². The third-order valence-electron chi connectivity index (χ3n) is 1.66. The number of rotatable bonds is 3. The van der Waals surface area contributed by atoms with Crippen molar-refractivity contribution >= 4 is 5.78 Å². The lowest BCUT2D eigenvalue weighted by molar-refractivity contribution is -0.119. The third kappa shape index (κ3) is 4.96. The normalized spacial score (nSPS) is 14.6. The predicted molar refractivity (Wildman–Crippen MR) is 47.6 cm³/mol. The molecule has 0 saturated carbocycles. The first kappa shape index (κ1) is 10.6. The van der Waals surface area contributed by atoms with Gasteiger partial charge in [0.25, 0.3) is 0 Å². The summed E-state index contributed by atoms with van der Waals surface area (Å²) in [5.41, 5.74) is 0.222. The van der Waals surface area contributed by atoms with Gasteiger partial charge in [0.05, 0.1) is 6.04 Å². The molecule has 0 amide bonds. The van der Waals surface area contributed by atoms with E-state index in [1.54, 1.807) is 6.92 Å². The van der Waals surface area contributed by atoms with Crippen molar-refractivity contribution in [3.05, 3.63) is 0 Å². The molecule has 0 aromatic rings. The van der Waals surface area contributed by atoms with Crippen LogP contribution >= 0.6 is 0 Å². The van der Waals surface area contributed by atoms with Crippen LogP contribution in [0.4, 0.5) is 0 Å². The first-order valence-corrected chi connectivity index (χ1v) is 4.04.